The van der Waals surface area contributed by atoms with Gasteiger partial charge in [-0.15, -0.1) is 0 Å². The highest BCUT2D eigenvalue weighted by Gasteiger charge is 2.27. The Labute approximate surface area is 113 Å². The van der Waals surface area contributed by atoms with E-state index in [1.165, 1.54) is 0 Å². The zero-order valence-electron chi connectivity index (χ0n) is 11.5. The Morgan fingerprint density at radius 3 is 2.89 bits per heavy atom. The van der Waals surface area contributed by atoms with E-state index in [0.29, 0.717) is 17.4 Å². The Morgan fingerprint density at radius 2 is 2.32 bits per heavy atom. The molecule has 2 heterocycles. The first-order chi connectivity index (χ1) is 9.15. The minimum Gasteiger partial charge on any atom is -0.334 e. The van der Waals surface area contributed by atoms with Gasteiger partial charge in [0.2, 0.25) is 0 Å². The number of hydrogen-bond donors (Lipinski definition) is 2. The van der Waals surface area contributed by atoms with Crippen molar-refractivity contribution in [2.45, 2.75) is 19.4 Å². The minimum absolute atomic E-state index is 0.00452. The van der Waals surface area contributed by atoms with E-state index in [1.54, 1.807) is 18.3 Å². The van der Waals surface area contributed by atoms with Crippen molar-refractivity contribution in [1.82, 2.24) is 14.8 Å². The first-order valence-electron chi connectivity index (χ1n) is 6.58. The average Bonchev–Trinajstić information content (AvgIpc) is 2.47. The quantitative estimate of drug-likeness (QED) is 0.615. The normalized spacial score (nSPS) is 20.4. The summed E-state index contributed by atoms with van der Waals surface area (Å²) >= 11 is 0. The van der Waals surface area contributed by atoms with E-state index in [-0.39, 0.29) is 5.91 Å². The Hall–Kier alpha value is -1.66. The third kappa shape index (κ3) is 3.02. The molecule has 0 aliphatic carbocycles. The summed E-state index contributed by atoms with van der Waals surface area (Å²) in [6.07, 6.45) is 2.62. The Bertz CT molecular complexity index is 433. The van der Waals surface area contributed by atoms with Gasteiger partial charge in [0.15, 0.2) is 0 Å². The van der Waals surface area contributed by atoms with E-state index >= 15 is 0 Å². The van der Waals surface area contributed by atoms with Gasteiger partial charge in [-0.2, -0.15) is 0 Å². The number of nitrogen functional groups attached to an aromatic ring is 1. The summed E-state index contributed by atoms with van der Waals surface area (Å²) in [6.45, 7) is 4.58. The van der Waals surface area contributed by atoms with Crippen molar-refractivity contribution >= 4 is 11.6 Å². The van der Waals surface area contributed by atoms with Crippen LogP contribution in [0.15, 0.2) is 18.3 Å². The lowest BCUT2D eigenvalue weighted by Gasteiger charge is -2.38. The molecular formula is C13H21N5O. The number of piperazine rings is 1. The molecular weight excluding hydrogens is 242 g/mol. The molecule has 1 aromatic rings. The molecule has 0 spiro atoms. The maximum absolute atomic E-state index is 12.4. The molecule has 2 rings (SSSR count). The van der Waals surface area contributed by atoms with Crippen molar-refractivity contribution in [2.24, 2.45) is 5.84 Å². The van der Waals surface area contributed by atoms with Gasteiger partial charge in [-0.3, -0.25) is 15.5 Å². The van der Waals surface area contributed by atoms with Gasteiger partial charge in [0.25, 0.3) is 5.91 Å². The fourth-order valence-corrected chi connectivity index (χ4v) is 2.34. The summed E-state index contributed by atoms with van der Waals surface area (Å²) in [5, 5.41) is 0. The van der Waals surface area contributed by atoms with Crippen LogP contribution in [0.4, 0.5) is 5.69 Å². The van der Waals surface area contributed by atoms with Crippen LogP contribution in [-0.4, -0.2) is 53.4 Å². The molecule has 6 nitrogen and oxygen atoms in total. The third-order valence-corrected chi connectivity index (χ3v) is 3.68. The lowest BCUT2D eigenvalue weighted by molar-refractivity contribution is 0.0536. The van der Waals surface area contributed by atoms with E-state index in [4.69, 9.17) is 5.84 Å². The second-order valence-electron chi connectivity index (χ2n) is 4.87. The highest BCUT2D eigenvalue weighted by Crippen LogP contribution is 2.14. The van der Waals surface area contributed by atoms with E-state index in [9.17, 15) is 4.79 Å². The van der Waals surface area contributed by atoms with Gasteiger partial charge in [-0.05, 0) is 25.6 Å². The highest BCUT2D eigenvalue weighted by atomic mass is 16.2. The summed E-state index contributed by atoms with van der Waals surface area (Å²) in [6, 6.07) is 3.90. The number of nitrogens with zero attached hydrogens (tertiary/aromatic N) is 3. The number of rotatable bonds is 3. The van der Waals surface area contributed by atoms with Gasteiger partial charge in [-0.1, -0.05) is 6.92 Å². The first kappa shape index (κ1) is 13.8. The number of pyridine rings is 1. The van der Waals surface area contributed by atoms with Gasteiger partial charge >= 0.3 is 0 Å². The van der Waals surface area contributed by atoms with Gasteiger partial charge in [0.1, 0.15) is 5.69 Å². The number of nitrogens with two attached hydrogens (primary N) is 1. The van der Waals surface area contributed by atoms with Crippen LogP contribution in [0.5, 0.6) is 0 Å². The Kier molecular flexibility index (Phi) is 4.34. The van der Waals surface area contributed by atoms with Gasteiger partial charge in [0.05, 0.1) is 11.9 Å². The van der Waals surface area contributed by atoms with Gasteiger partial charge in [-0.25, -0.2) is 4.98 Å². The number of hydrazine groups is 1. The van der Waals surface area contributed by atoms with E-state index in [2.05, 4.69) is 29.3 Å². The predicted octanol–water partition coefficient (Wildman–Crippen LogP) is 0.533. The summed E-state index contributed by atoms with van der Waals surface area (Å²) < 4.78 is 0. The molecule has 1 aromatic heterocycles. The topological polar surface area (TPSA) is 74.5 Å². The number of aromatic nitrogens is 1. The summed E-state index contributed by atoms with van der Waals surface area (Å²) in [4.78, 5) is 20.7. The zero-order valence-corrected chi connectivity index (χ0v) is 11.5. The van der Waals surface area contributed by atoms with Crippen LogP contribution in [0, 0.1) is 0 Å². The summed E-state index contributed by atoms with van der Waals surface area (Å²) in [5.41, 5.74) is 3.67. The van der Waals surface area contributed by atoms with Crippen LogP contribution in [-0.2, 0) is 0 Å². The van der Waals surface area contributed by atoms with Crippen LogP contribution in [0.3, 0.4) is 0 Å². The smallest absolute Gasteiger partial charge is 0.272 e. The minimum atomic E-state index is -0.00452. The lowest BCUT2D eigenvalue weighted by Crippen LogP contribution is -2.53. The number of hydrogen-bond acceptors (Lipinski definition) is 5. The van der Waals surface area contributed by atoms with Crippen molar-refractivity contribution in [3.05, 3.63) is 24.0 Å². The molecule has 19 heavy (non-hydrogen) atoms. The molecule has 1 aliphatic heterocycles. The first-order valence-corrected chi connectivity index (χ1v) is 6.58. The largest absolute Gasteiger partial charge is 0.334 e. The molecule has 0 saturated carbocycles. The van der Waals surface area contributed by atoms with Crippen LogP contribution in [0.2, 0.25) is 0 Å². The van der Waals surface area contributed by atoms with E-state index < -0.39 is 0 Å². The summed E-state index contributed by atoms with van der Waals surface area (Å²) in [7, 11) is 2.11. The maximum Gasteiger partial charge on any atom is 0.272 e. The van der Waals surface area contributed by atoms with Crippen molar-refractivity contribution in [3.8, 4) is 0 Å². The highest BCUT2D eigenvalue weighted by molar-refractivity contribution is 5.92. The number of anilines is 1. The molecule has 1 fully saturated rings. The molecule has 0 radical (unpaired) electrons. The fraction of sp³-hybridized carbons (Fsp3) is 0.538. The molecule has 1 amide bonds. The Balaban J connectivity index is 2.06. The molecule has 1 saturated heterocycles. The molecule has 1 aliphatic rings. The molecule has 0 aromatic carbocycles. The Morgan fingerprint density at radius 1 is 1.53 bits per heavy atom. The van der Waals surface area contributed by atoms with Crippen LogP contribution in [0.25, 0.3) is 0 Å². The number of nitrogens with one attached hydrogen (secondary N) is 1. The van der Waals surface area contributed by atoms with Crippen LogP contribution in [0.1, 0.15) is 23.8 Å². The summed E-state index contributed by atoms with van der Waals surface area (Å²) in [5.74, 6) is 5.27. The van der Waals surface area contributed by atoms with Crippen molar-refractivity contribution in [3.63, 3.8) is 0 Å². The monoisotopic (exact) mass is 263 g/mol. The molecule has 1 unspecified atom stereocenters. The van der Waals surface area contributed by atoms with Crippen molar-refractivity contribution in [2.75, 3.05) is 32.1 Å². The number of carbonyl (C=O) groups is 1. The molecule has 104 valence electrons. The fourth-order valence-electron chi connectivity index (χ4n) is 2.34. The van der Waals surface area contributed by atoms with Gasteiger partial charge < -0.3 is 10.3 Å². The van der Waals surface area contributed by atoms with Crippen molar-refractivity contribution in [1.29, 1.82) is 0 Å². The third-order valence-electron chi connectivity index (χ3n) is 3.68. The van der Waals surface area contributed by atoms with Gasteiger partial charge in [0, 0.05) is 25.7 Å². The number of amides is 1. The SMILES string of the molecule is CCC1CN(C(=O)c2ccc(NN)cn2)CCN1C. The predicted molar refractivity (Wildman–Crippen MR) is 74.7 cm³/mol. The standard InChI is InChI=1S/C13H21N5O/c1-3-11-9-18(7-6-17(11)2)13(19)12-5-4-10(16-14)8-15-12/h4-5,8,11,16H,3,6-7,9,14H2,1-2H3. The van der Waals surface area contributed by atoms with E-state index in [1.807, 2.05) is 4.90 Å². The van der Waals surface area contributed by atoms with Crippen LogP contribution >= 0.6 is 0 Å². The number of carbonyl (C=O) groups excluding carboxylic acids is 1. The second kappa shape index (κ2) is 5.99. The second-order valence-corrected chi connectivity index (χ2v) is 4.87. The molecule has 3 N–H and O–H groups in total. The molecule has 0 bridgehead atoms. The van der Waals surface area contributed by atoms with Crippen LogP contribution < -0.4 is 11.3 Å². The molecule has 1 atom stereocenters. The van der Waals surface area contributed by atoms with Crippen molar-refractivity contribution < 1.29 is 4.79 Å². The lowest BCUT2D eigenvalue weighted by atomic mass is 10.1. The molecule has 6 heteroatoms. The van der Waals surface area contributed by atoms with E-state index in [0.717, 1.165) is 26.1 Å². The number of likely N-dealkylation sites (N-methyl/N-ethyl adjacent to an activating group) is 1. The zero-order chi connectivity index (χ0) is 13.8. The maximum atomic E-state index is 12.4. The average molecular weight is 263 g/mol.